The van der Waals surface area contributed by atoms with E-state index in [1.165, 1.54) is 30.5 Å². The van der Waals surface area contributed by atoms with Crippen molar-refractivity contribution in [2.45, 2.75) is 19.8 Å². The molecule has 0 saturated carbocycles. The van der Waals surface area contributed by atoms with E-state index >= 15 is 0 Å². The number of fused-ring (bicyclic) bond motifs is 1. The Morgan fingerprint density at radius 2 is 1.29 bits per heavy atom. The van der Waals surface area contributed by atoms with E-state index in [2.05, 4.69) is 35.9 Å². The Morgan fingerprint density at radius 1 is 0.745 bits per heavy atom. The first-order chi connectivity index (χ1) is 24.5. The van der Waals surface area contributed by atoms with E-state index in [0.29, 0.717) is 22.4 Å². The summed E-state index contributed by atoms with van der Waals surface area (Å²) in [6.07, 6.45) is -0.347. The van der Waals surface area contributed by atoms with Gasteiger partial charge in [0.05, 0.1) is 18.4 Å². The Balaban J connectivity index is 1.34. The fourth-order valence-corrected chi connectivity index (χ4v) is 4.64. The van der Waals surface area contributed by atoms with Crippen molar-refractivity contribution in [3.05, 3.63) is 101 Å². The number of hydrogen-bond acceptors (Lipinski definition) is 14. The first kappa shape index (κ1) is 36.1. The molecule has 0 saturated heterocycles. The molecule has 0 aliphatic carbocycles. The van der Waals surface area contributed by atoms with Gasteiger partial charge < -0.3 is 39.8 Å². The van der Waals surface area contributed by atoms with Crippen LogP contribution in [0.3, 0.4) is 0 Å². The van der Waals surface area contributed by atoms with Gasteiger partial charge in [-0.25, -0.2) is 19.6 Å². The smallest absolute Gasteiger partial charge is 0.444 e. The average molecular weight is 694 g/mol. The normalized spacial score (nSPS) is 10.6. The maximum absolute atomic E-state index is 12.9. The second-order valence-corrected chi connectivity index (χ2v) is 11.0. The van der Waals surface area contributed by atoms with Crippen LogP contribution in [-0.4, -0.2) is 86.5 Å². The van der Waals surface area contributed by atoms with Crippen LogP contribution < -0.4 is 31.8 Å². The molecule has 0 aliphatic heterocycles. The van der Waals surface area contributed by atoms with Gasteiger partial charge in [0.1, 0.15) is 13.2 Å². The predicted molar refractivity (Wildman–Crippen MR) is 187 cm³/mol. The number of benzene rings is 3. The van der Waals surface area contributed by atoms with E-state index in [1.807, 2.05) is 11.9 Å². The zero-order chi connectivity index (χ0) is 36.5. The average Bonchev–Trinajstić information content (AvgIpc) is 3.13. The zero-order valence-corrected chi connectivity index (χ0v) is 27.3. The highest BCUT2D eigenvalue weighted by molar-refractivity contribution is 6.58. The molecule has 0 spiro atoms. The van der Waals surface area contributed by atoms with Gasteiger partial charge in [-0.15, -0.1) is 0 Å². The zero-order valence-electron chi connectivity index (χ0n) is 27.3. The maximum Gasteiger partial charge on any atom is 0.488 e. The minimum atomic E-state index is -1.64. The Kier molecular flexibility index (Phi) is 11.7. The summed E-state index contributed by atoms with van der Waals surface area (Å²) in [5.74, 6) is -0.584. The maximum atomic E-state index is 12.9. The molecule has 2 heterocycles. The van der Waals surface area contributed by atoms with E-state index in [0.717, 1.165) is 5.69 Å². The first-order valence-corrected chi connectivity index (χ1v) is 15.3. The molecule has 260 valence electrons. The van der Waals surface area contributed by atoms with Gasteiger partial charge in [0.25, 0.3) is 5.91 Å². The molecule has 5 rings (SSSR count). The van der Waals surface area contributed by atoms with Crippen LogP contribution >= 0.6 is 0 Å². The van der Waals surface area contributed by atoms with Crippen LogP contribution in [0.4, 0.5) is 27.0 Å². The van der Waals surface area contributed by atoms with Gasteiger partial charge in [0.2, 0.25) is 5.95 Å². The Bertz CT molecular complexity index is 2000. The highest BCUT2D eigenvalue weighted by atomic mass is 16.6. The van der Waals surface area contributed by atoms with Gasteiger partial charge in [0, 0.05) is 25.3 Å². The fourth-order valence-electron chi connectivity index (χ4n) is 4.64. The lowest BCUT2D eigenvalue weighted by Crippen LogP contribution is -2.29. The predicted octanol–water partition coefficient (Wildman–Crippen LogP) is 0.273. The summed E-state index contributed by atoms with van der Waals surface area (Å²) in [5, 5.41) is 44.6. The number of ether oxygens (including phenoxy) is 2. The minimum absolute atomic E-state index is 0.0354. The molecule has 17 nitrogen and oxygen atoms in total. The lowest BCUT2D eigenvalue weighted by Gasteiger charge is -2.19. The highest BCUT2D eigenvalue weighted by Gasteiger charge is 2.18. The molecular formula is C32H32B2N8O9. The summed E-state index contributed by atoms with van der Waals surface area (Å²) in [6, 6.07) is 19.2. The monoisotopic (exact) mass is 694 g/mol. The second-order valence-electron chi connectivity index (χ2n) is 11.0. The van der Waals surface area contributed by atoms with Crippen molar-refractivity contribution in [1.29, 1.82) is 0 Å². The standard InChI is InChI=1S/C32H32B2N8O9/c1-35-29(43)21-7-13-25(14-8-21)42(2)16-24-15-36-27-26(37-24)28(40-31(44)50-17-19-3-9-22(10-4-19)33(46)47)39-30(38-27)41-32(45)51-18-20-5-11-23(12-6-20)34(48)49/h3-15,46-49H,16-18H2,1-2H3,(H,35,43)(H2,36,38,39,40,41,44,45). The topological polar surface area (TPSA) is 241 Å². The van der Waals surface area contributed by atoms with Crippen molar-refractivity contribution in [3.63, 3.8) is 0 Å². The number of rotatable bonds is 12. The number of aromatic nitrogens is 4. The first-order valence-electron chi connectivity index (χ1n) is 15.3. The third-order valence-electron chi connectivity index (χ3n) is 7.38. The minimum Gasteiger partial charge on any atom is -0.444 e. The van der Waals surface area contributed by atoms with Crippen molar-refractivity contribution in [3.8, 4) is 0 Å². The molecule has 19 heteroatoms. The number of hydrogen-bond donors (Lipinski definition) is 7. The molecule has 7 N–H and O–H groups in total. The number of nitrogens with zero attached hydrogens (tertiary/aromatic N) is 5. The third-order valence-corrected chi connectivity index (χ3v) is 7.38. The van der Waals surface area contributed by atoms with Crippen LogP contribution in [0.5, 0.6) is 0 Å². The van der Waals surface area contributed by atoms with Crippen molar-refractivity contribution >= 4 is 71.9 Å². The van der Waals surface area contributed by atoms with Crippen LogP contribution in [0.1, 0.15) is 27.2 Å². The molecule has 3 amide bonds. The summed E-state index contributed by atoms with van der Waals surface area (Å²) in [4.78, 5) is 56.9. The molecule has 0 unspecified atom stereocenters. The summed E-state index contributed by atoms with van der Waals surface area (Å²) in [5.41, 5.74) is 3.61. The van der Waals surface area contributed by atoms with Crippen molar-refractivity contribution in [1.82, 2.24) is 25.3 Å². The lowest BCUT2D eigenvalue weighted by atomic mass is 9.80. The van der Waals surface area contributed by atoms with Crippen LogP contribution in [0.25, 0.3) is 11.2 Å². The molecule has 2 aromatic heterocycles. The molecular weight excluding hydrogens is 662 g/mol. The van der Waals surface area contributed by atoms with Gasteiger partial charge in [0.15, 0.2) is 17.0 Å². The number of anilines is 3. The molecule has 0 atom stereocenters. The molecule has 0 aliphatic rings. The van der Waals surface area contributed by atoms with Crippen molar-refractivity contribution < 1.29 is 44.0 Å². The Hall–Kier alpha value is -6.14. The van der Waals surface area contributed by atoms with Crippen LogP contribution in [0, 0.1) is 0 Å². The Labute approximate surface area is 291 Å². The number of amides is 3. The number of nitrogens with one attached hydrogen (secondary N) is 3. The summed E-state index contributed by atoms with van der Waals surface area (Å²) in [6.45, 7) is -0.0376. The van der Waals surface area contributed by atoms with Gasteiger partial charge in [-0.3, -0.25) is 15.4 Å². The van der Waals surface area contributed by atoms with E-state index in [9.17, 15) is 34.5 Å². The van der Waals surface area contributed by atoms with Crippen LogP contribution in [0.2, 0.25) is 0 Å². The van der Waals surface area contributed by atoms with Gasteiger partial charge in [-0.1, -0.05) is 48.5 Å². The van der Waals surface area contributed by atoms with Crippen LogP contribution in [0.15, 0.2) is 79.0 Å². The quantitative estimate of drug-likeness (QED) is 0.0868. The molecule has 0 fully saturated rings. The van der Waals surface area contributed by atoms with Crippen molar-refractivity contribution in [2.24, 2.45) is 0 Å². The number of carbonyl (C=O) groups excluding carboxylic acids is 3. The van der Waals surface area contributed by atoms with E-state index in [4.69, 9.17) is 9.47 Å². The lowest BCUT2D eigenvalue weighted by molar-refractivity contribution is 0.0963. The van der Waals surface area contributed by atoms with Gasteiger partial charge in [-0.2, -0.15) is 9.97 Å². The van der Waals surface area contributed by atoms with Gasteiger partial charge in [-0.05, 0) is 46.3 Å². The Morgan fingerprint density at radius 3 is 1.82 bits per heavy atom. The molecule has 0 bridgehead atoms. The SMILES string of the molecule is CNC(=O)c1ccc(N(C)Cc2cnc3nc(NC(=O)OCc4ccc(B(O)O)cc4)nc(NC(=O)OCc4ccc(B(O)O)cc4)c3n2)cc1. The van der Waals surface area contributed by atoms with E-state index in [1.54, 1.807) is 55.6 Å². The summed E-state index contributed by atoms with van der Waals surface area (Å²) in [7, 11) is 0.112. The van der Waals surface area contributed by atoms with Crippen molar-refractivity contribution in [2.75, 3.05) is 29.6 Å². The number of carbonyl (C=O) groups is 3. The second kappa shape index (κ2) is 16.5. The molecule has 5 aromatic rings. The summed E-state index contributed by atoms with van der Waals surface area (Å²) >= 11 is 0. The van der Waals surface area contributed by atoms with Gasteiger partial charge >= 0.3 is 26.4 Å². The van der Waals surface area contributed by atoms with Crippen LogP contribution in [-0.2, 0) is 29.2 Å². The largest absolute Gasteiger partial charge is 0.488 e. The summed E-state index contributed by atoms with van der Waals surface area (Å²) < 4.78 is 10.6. The highest BCUT2D eigenvalue weighted by Crippen LogP contribution is 2.22. The molecule has 0 radical (unpaired) electrons. The van der Waals surface area contributed by atoms with E-state index < -0.39 is 26.4 Å². The van der Waals surface area contributed by atoms with E-state index in [-0.39, 0.29) is 59.5 Å². The third kappa shape index (κ3) is 9.73. The molecule has 3 aromatic carbocycles. The molecule has 51 heavy (non-hydrogen) atoms. The fraction of sp³-hybridized carbons (Fsp3) is 0.156.